The first-order valence-electron chi connectivity index (χ1n) is 6.45. The van der Waals surface area contributed by atoms with E-state index in [0.29, 0.717) is 23.5 Å². The fourth-order valence-electron chi connectivity index (χ4n) is 2.30. The van der Waals surface area contributed by atoms with Crippen molar-refractivity contribution in [2.75, 3.05) is 25.6 Å². The molecule has 0 spiro atoms. The molecule has 0 radical (unpaired) electrons. The number of halogens is 3. The van der Waals surface area contributed by atoms with E-state index in [4.69, 9.17) is 21.1 Å². The number of hydrogen-bond donors (Lipinski definition) is 1. The van der Waals surface area contributed by atoms with Crippen molar-refractivity contribution in [2.24, 2.45) is 0 Å². The lowest BCUT2D eigenvalue weighted by Gasteiger charge is -2.30. The van der Waals surface area contributed by atoms with Crippen LogP contribution in [0.5, 0.6) is 0 Å². The average molecular weight is 442 g/mol. The number of Topliss-reactive ketones (excluding diaryl/α,β-unsaturated/α-hetero) is 1. The fraction of sp³-hybridized carbons (Fsp3) is 0.500. The van der Waals surface area contributed by atoms with Crippen molar-refractivity contribution in [3.8, 4) is 0 Å². The highest BCUT2D eigenvalue weighted by molar-refractivity contribution is 9.12. The van der Waals surface area contributed by atoms with Crippen LogP contribution >= 0.6 is 43.5 Å². The molecule has 116 valence electrons. The van der Waals surface area contributed by atoms with Gasteiger partial charge in [0, 0.05) is 29.6 Å². The molecule has 2 rings (SSSR count). The molecule has 0 aliphatic carbocycles. The number of carbonyl (C=O) groups excluding carboxylic acids is 1. The molecule has 1 N–H and O–H groups in total. The van der Waals surface area contributed by atoms with Crippen LogP contribution in [0.3, 0.4) is 0 Å². The SMILES string of the molecule is COCC1CNC(C(=O)C(Br)CBr)(c2ccc(Cl)cc2)O1. The number of ketones is 1. The second-order valence-corrected chi connectivity index (χ2v) is 6.94. The third-order valence-electron chi connectivity index (χ3n) is 3.29. The molecule has 1 saturated heterocycles. The van der Waals surface area contributed by atoms with Gasteiger partial charge in [-0.2, -0.15) is 0 Å². The third-order valence-corrected chi connectivity index (χ3v) is 5.80. The number of hydrogen-bond acceptors (Lipinski definition) is 4. The maximum Gasteiger partial charge on any atom is 0.206 e. The van der Waals surface area contributed by atoms with Crippen molar-refractivity contribution in [1.82, 2.24) is 5.32 Å². The van der Waals surface area contributed by atoms with Crippen molar-refractivity contribution < 1.29 is 14.3 Å². The first kappa shape index (κ1) is 17.4. The number of nitrogens with one attached hydrogen (secondary N) is 1. The molecule has 1 aliphatic rings. The molecule has 0 saturated carbocycles. The minimum Gasteiger partial charge on any atom is -0.382 e. The number of rotatable bonds is 6. The van der Waals surface area contributed by atoms with E-state index in [1.54, 1.807) is 31.4 Å². The van der Waals surface area contributed by atoms with Gasteiger partial charge in [0.1, 0.15) is 0 Å². The Kier molecular flexibility index (Phi) is 6.23. The first-order chi connectivity index (χ1) is 10.0. The minimum absolute atomic E-state index is 0.0831. The normalized spacial score (nSPS) is 26.8. The standard InChI is InChI=1S/C14H16Br2ClNO3/c1-20-8-11-7-18-14(21-11,13(19)12(16)6-15)9-2-4-10(17)5-3-9/h2-5,11-12,18H,6-8H2,1H3. The Labute approximate surface area is 145 Å². The molecule has 1 aromatic rings. The lowest BCUT2D eigenvalue weighted by Crippen LogP contribution is -2.49. The number of ether oxygens (including phenoxy) is 2. The van der Waals surface area contributed by atoms with Crippen LogP contribution in [-0.2, 0) is 20.0 Å². The van der Waals surface area contributed by atoms with Crippen molar-refractivity contribution in [3.63, 3.8) is 0 Å². The van der Waals surface area contributed by atoms with E-state index in [-0.39, 0.29) is 16.7 Å². The molecule has 0 bridgehead atoms. The van der Waals surface area contributed by atoms with Gasteiger partial charge < -0.3 is 9.47 Å². The Morgan fingerprint density at radius 1 is 1.57 bits per heavy atom. The molecule has 3 atom stereocenters. The molecule has 7 heteroatoms. The van der Waals surface area contributed by atoms with Gasteiger partial charge in [0.25, 0.3) is 0 Å². The van der Waals surface area contributed by atoms with Crippen molar-refractivity contribution in [2.45, 2.75) is 16.7 Å². The van der Waals surface area contributed by atoms with Crippen molar-refractivity contribution in [1.29, 1.82) is 0 Å². The van der Waals surface area contributed by atoms with Gasteiger partial charge >= 0.3 is 0 Å². The molecule has 0 amide bonds. The van der Waals surface area contributed by atoms with E-state index in [0.717, 1.165) is 5.56 Å². The van der Waals surface area contributed by atoms with Crippen molar-refractivity contribution in [3.05, 3.63) is 34.9 Å². The lowest BCUT2D eigenvalue weighted by molar-refractivity contribution is -0.148. The van der Waals surface area contributed by atoms with Crippen LogP contribution in [0.2, 0.25) is 5.02 Å². The predicted octanol–water partition coefficient (Wildman–Crippen LogP) is 2.86. The topological polar surface area (TPSA) is 47.6 Å². The Morgan fingerprint density at radius 2 is 2.24 bits per heavy atom. The maximum atomic E-state index is 12.8. The zero-order valence-electron chi connectivity index (χ0n) is 11.4. The van der Waals surface area contributed by atoms with Crippen molar-refractivity contribution >= 4 is 49.2 Å². The molecule has 21 heavy (non-hydrogen) atoms. The van der Waals surface area contributed by atoms with Gasteiger partial charge in [0.05, 0.1) is 17.5 Å². The number of carbonyl (C=O) groups is 1. The summed E-state index contributed by atoms with van der Waals surface area (Å²) in [5.41, 5.74) is -0.434. The first-order valence-corrected chi connectivity index (χ1v) is 8.87. The summed E-state index contributed by atoms with van der Waals surface area (Å²) >= 11 is 12.6. The van der Waals surface area contributed by atoms with E-state index in [2.05, 4.69) is 37.2 Å². The predicted molar refractivity (Wildman–Crippen MR) is 89.4 cm³/mol. The second-order valence-electron chi connectivity index (χ2n) is 4.75. The van der Waals surface area contributed by atoms with Gasteiger partial charge in [-0.05, 0) is 12.1 Å². The number of benzene rings is 1. The molecule has 1 aliphatic heterocycles. The van der Waals surface area contributed by atoms with E-state index >= 15 is 0 Å². The van der Waals surface area contributed by atoms with E-state index in [1.165, 1.54) is 0 Å². The molecule has 1 fully saturated rings. The zero-order valence-corrected chi connectivity index (χ0v) is 15.4. The van der Waals surface area contributed by atoms with E-state index in [1.807, 2.05) is 0 Å². The summed E-state index contributed by atoms with van der Waals surface area (Å²) in [5.74, 6) is -0.0831. The summed E-state index contributed by atoms with van der Waals surface area (Å²) in [4.78, 5) is 12.4. The summed E-state index contributed by atoms with van der Waals surface area (Å²) in [6, 6.07) is 7.10. The lowest BCUT2D eigenvalue weighted by atomic mass is 9.97. The monoisotopic (exact) mass is 439 g/mol. The maximum absolute atomic E-state index is 12.8. The average Bonchev–Trinajstić information content (AvgIpc) is 2.92. The van der Waals surface area contributed by atoms with Crippen LogP contribution < -0.4 is 5.32 Å². The summed E-state index contributed by atoms with van der Waals surface area (Å²) in [6.07, 6.45) is -0.176. The quantitative estimate of drug-likeness (QED) is 0.690. The zero-order chi connectivity index (χ0) is 15.5. The van der Waals surface area contributed by atoms with E-state index in [9.17, 15) is 4.79 Å². The smallest absolute Gasteiger partial charge is 0.206 e. The van der Waals surface area contributed by atoms with Gasteiger partial charge in [-0.3, -0.25) is 10.1 Å². The molecule has 1 aromatic carbocycles. The van der Waals surface area contributed by atoms with Gasteiger partial charge in [-0.1, -0.05) is 55.6 Å². The Balaban J connectivity index is 2.35. The number of methoxy groups -OCH3 is 1. The van der Waals surface area contributed by atoms with Crippen LogP contribution in [0.15, 0.2) is 24.3 Å². The fourth-order valence-corrected chi connectivity index (χ4v) is 3.04. The van der Waals surface area contributed by atoms with Crippen LogP contribution in [0.1, 0.15) is 5.56 Å². The highest BCUT2D eigenvalue weighted by Gasteiger charge is 2.49. The minimum atomic E-state index is -1.17. The van der Waals surface area contributed by atoms with Crippen LogP contribution in [0, 0.1) is 0 Å². The van der Waals surface area contributed by atoms with Crippen LogP contribution in [-0.4, -0.2) is 42.3 Å². The van der Waals surface area contributed by atoms with Gasteiger partial charge in [0.15, 0.2) is 5.78 Å². The molecular formula is C14H16Br2ClNO3. The Hall–Kier alpha value is 0.0200. The summed E-state index contributed by atoms with van der Waals surface area (Å²) < 4.78 is 11.1. The molecule has 1 heterocycles. The summed E-state index contributed by atoms with van der Waals surface area (Å²) in [6.45, 7) is 0.973. The highest BCUT2D eigenvalue weighted by atomic mass is 79.9. The highest BCUT2D eigenvalue weighted by Crippen LogP contribution is 2.33. The molecule has 3 unspecified atom stereocenters. The summed E-state index contributed by atoms with van der Waals surface area (Å²) in [7, 11) is 1.61. The Bertz CT molecular complexity index is 499. The number of alkyl halides is 2. The van der Waals surface area contributed by atoms with Gasteiger partial charge in [0.2, 0.25) is 5.72 Å². The molecule has 0 aromatic heterocycles. The second kappa shape index (κ2) is 7.53. The van der Waals surface area contributed by atoms with Gasteiger partial charge in [-0.15, -0.1) is 0 Å². The van der Waals surface area contributed by atoms with Crippen LogP contribution in [0.4, 0.5) is 0 Å². The molecule has 4 nitrogen and oxygen atoms in total. The Morgan fingerprint density at radius 3 is 2.81 bits per heavy atom. The third kappa shape index (κ3) is 3.68. The molecular weight excluding hydrogens is 425 g/mol. The summed E-state index contributed by atoms with van der Waals surface area (Å²) in [5, 5.41) is 4.33. The van der Waals surface area contributed by atoms with Gasteiger partial charge in [-0.25, -0.2) is 0 Å². The van der Waals surface area contributed by atoms with Crippen LogP contribution in [0.25, 0.3) is 0 Å². The largest absolute Gasteiger partial charge is 0.382 e. The van der Waals surface area contributed by atoms with E-state index < -0.39 is 5.72 Å².